The van der Waals surface area contributed by atoms with Crippen LogP contribution < -0.4 is 0 Å². The summed E-state index contributed by atoms with van der Waals surface area (Å²) in [4.78, 5) is 10.1. The zero-order valence-electron chi connectivity index (χ0n) is 23.9. The van der Waals surface area contributed by atoms with Crippen molar-refractivity contribution >= 4 is 10.9 Å². The number of fused-ring (bicyclic) bond motifs is 3. The summed E-state index contributed by atoms with van der Waals surface area (Å²) < 4.78 is 2.48. The van der Waals surface area contributed by atoms with Gasteiger partial charge in [-0.2, -0.15) is 0 Å². The Hall–Kier alpha value is -5.28. The van der Waals surface area contributed by atoms with E-state index in [9.17, 15) is 0 Å². The van der Waals surface area contributed by atoms with E-state index in [4.69, 9.17) is 9.97 Å². The van der Waals surface area contributed by atoms with Crippen LogP contribution in [0.4, 0.5) is 0 Å². The minimum Gasteiger partial charge on any atom is -0.313 e. The molecule has 5 aromatic carbocycles. The van der Waals surface area contributed by atoms with Crippen molar-refractivity contribution in [3.63, 3.8) is 0 Å². The van der Waals surface area contributed by atoms with Crippen LogP contribution in [0.3, 0.4) is 0 Å². The van der Waals surface area contributed by atoms with Gasteiger partial charge in [0.15, 0.2) is 5.82 Å². The van der Waals surface area contributed by atoms with E-state index in [-0.39, 0.29) is 0 Å². The first-order valence-corrected chi connectivity index (χ1v) is 15.1. The van der Waals surface area contributed by atoms with Crippen molar-refractivity contribution in [2.24, 2.45) is 0 Å². The van der Waals surface area contributed by atoms with Gasteiger partial charge >= 0.3 is 0 Å². The van der Waals surface area contributed by atoms with Crippen LogP contribution in [0.5, 0.6) is 0 Å². The Kier molecular flexibility index (Phi) is 6.42. The molecule has 0 saturated heterocycles. The Morgan fingerprint density at radius 1 is 0.465 bits per heavy atom. The van der Waals surface area contributed by atoms with Crippen molar-refractivity contribution < 1.29 is 0 Å². The molecule has 7 aromatic rings. The first-order valence-electron chi connectivity index (χ1n) is 15.1. The van der Waals surface area contributed by atoms with Gasteiger partial charge in [0.1, 0.15) is 0 Å². The third-order valence-electron chi connectivity index (χ3n) is 8.62. The number of aryl methyl sites for hydroxylation is 1. The molecule has 1 aliphatic carbocycles. The molecule has 0 unspecified atom stereocenters. The molecule has 2 heterocycles. The van der Waals surface area contributed by atoms with Gasteiger partial charge in [-0.25, -0.2) is 9.97 Å². The van der Waals surface area contributed by atoms with Gasteiger partial charge in [0.2, 0.25) is 0 Å². The lowest BCUT2D eigenvalue weighted by atomic mass is 9.95. The Balaban J connectivity index is 1.18. The summed E-state index contributed by atoms with van der Waals surface area (Å²) in [6, 6.07) is 49.2. The van der Waals surface area contributed by atoms with Crippen molar-refractivity contribution in [3.05, 3.63) is 151 Å². The lowest BCUT2D eigenvalue weighted by molar-refractivity contribution is 0.667. The molecular formula is C40H31N3. The lowest BCUT2D eigenvalue weighted by Gasteiger charge is -2.16. The maximum absolute atomic E-state index is 5.04. The van der Waals surface area contributed by atoms with Crippen LogP contribution in [0.25, 0.3) is 61.6 Å². The second kappa shape index (κ2) is 10.8. The third-order valence-corrected chi connectivity index (χ3v) is 8.62. The largest absolute Gasteiger partial charge is 0.313 e. The van der Waals surface area contributed by atoms with Crippen LogP contribution >= 0.6 is 0 Å². The molecule has 0 N–H and O–H groups in total. The molecule has 3 heteroatoms. The van der Waals surface area contributed by atoms with Gasteiger partial charge in [0.25, 0.3) is 0 Å². The Labute approximate surface area is 252 Å². The highest BCUT2D eigenvalue weighted by Crippen LogP contribution is 2.35. The highest BCUT2D eigenvalue weighted by molar-refractivity contribution is 5.88. The summed E-state index contributed by atoms with van der Waals surface area (Å²) in [6.45, 7) is 0. The minimum atomic E-state index is 0.726. The lowest BCUT2D eigenvalue weighted by Crippen LogP contribution is -2.06. The predicted molar refractivity (Wildman–Crippen MR) is 177 cm³/mol. The number of rotatable bonds is 5. The standard InChI is InChI=1S/C40H31N3/c1-3-12-29(13-4-1)36-27-37(30-14-5-2-6-15-30)42-40(41-36)32-17-11-16-31(26-32)28-22-24-33(25-23-28)43-38-20-9-7-18-34(38)35-19-8-10-21-39(35)43/h1-7,9,11-18,20,22-27H,8,10,19,21H2. The molecule has 2 aromatic heterocycles. The Morgan fingerprint density at radius 2 is 1.07 bits per heavy atom. The fourth-order valence-electron chi connectivity index (χ4n) is 6.52. The van der Waals surface area contributed by atoms with Crippen LogP contribution in [0.2, 0.25) is 0 Å². The molecule has 0 atom stereocenters. The van der Waals surface area contributed by atoms with Gasteiger partial charge in [0.05, 0.1) is 16.9 Å². The second-order valence-corrected chi connectivity index (χ2v) is 11.3. The molecule has 8 rings (SSSR count). The summed E-state index contributed by atoms with van der Waals surface area (Å²) in [6.07, 6.45) is 4.85. The second-order valence-electron chi connectivity index (χ2n) is 11.3. The average molecular weight is 554 g/mol. The average Bonchev–Trinajstić information content (AvgIpc) is 3.43. The van der Waals surface area contributed by atoms with Gasteiger partial charge in [0, 0.05) is 33.5 Å². The number of hydrogen-bond donors (Lipinski definition) is 0. The molecule has 43 heavy (non-hydrogen) atoms. The monoisotopic (exact) mass is 553 g/mol. The van der Waals surface area contributed by atoms with Crippen molar-refractivity contribution in [3.8, 4) is 50.7 Å². The molecule has 0 spiro atoms. The van der Waals surface area contributed by atoms with E-state index in [1.165, 1.54) is 52.7 Å². The van der Waals surface area contributed by atoms with E-state index in [2.05, 4.69) is 132 Å². The van der Waals surface area contributed by atoms with Crippen LogP contribution in [-0.4, -0.2) is 14.5 Å². The van der Waals surface area contributed by atoms with Gasteiger partial charge in [-0.15, -0.1) is 0 Å². The molecule has 0 aliphatic heterocycles. The molecule has 0 bridgehead atoms. The van der Waals surface area contributed by atoms with E-state index in [0.717, 1.165) is 45.9 Å². The van der Waals surface area contributed by atoms with E-state index in [1.54, 1.807) is 0 Å². The zero-order chi connectivity index (χ0) is 28.6. The van der Waals surface area contributed by atoms with Gasteiger partial charge in [-0.1, -0.05) is 109 Å². The molecule has 0 amide bonds. The molecule has 3 nitrogen and oxygen atoms in total. The predicted octanol–water partition coefficient (Wildman–Crippen LogP) is 9.97. The maximum Gasteiger partial charge on any atom is 0.160 e. The zero-order valence-corrected chi connectivity index (χ0v) is 23.9. The summed E-state index contributed by atoms with van der Waals surface area (Å²) in [5.41, 5.74) is 12.9. The van der Waals surface area contributed by atoms with E-state index in [1.807, 2.05) is 12.1 Å². The first-order chi connectivity index (χ1) is 21.3. The topological polar surface area (TPSA) is 30.7 Å². The summed E-state index contributed by atoms with van der Waals surface area (Å²) in [5, 5.41) is 1.40. The van der Waals surface area contributed by atoms with Gasteiger partial charge in [-0.3, -0.25) is 0 Å². The van der Waals surface area contributed by atoms with Crippen molar-refractivity contribution in [1.29, 1.82) is 0 Å². The Morgan fingerprint density at radius 3 is 1.79 bits per heavy atom. The quantitative estimate of drug-likeness (QED) is 0.212. The molecular weight excluding hydrogens is 522 g/mol. The van der Waals surface area contributed by atoms with Crippen molar-refractivity contribution in [2.75, 3.05) is 0 Å². The molecule has 0 fully saturated rings. The van der Waals surface area contributed by atoms with Crippen LogP contribution in [0.15, 0.2) is 140 Å². The molecule has 0 radical (unpaired) electrons. The van der Waals surface area contributed by atoms with Crippen molar-refractivity contribution in [2.45, 2.75) is 25.7 Å². The van der Waals surface area contributed by atoms with Crippen LogP contribution in [0, 0.1) is 0 Å². The first kappa shape index (κ1) is 25.4. The van der Waals surface area contributed by atoms with E-state index >= 15 is 0 Å². The van der Waals surface area contributed by atoms with Crippen LogP contribution in [-0.2, 0) is 12.8 Å². The van der Waals surface area contributed by atoms with E-state index in [0.29, 0.717) is 0 Å². The number of benzene rings is 5. The normalized spacial score (nSPS) is 12.7. The highest BCUT2D eigenvalue weighted by atomic mass is 15.0. The van der Waals surface area contributed by atoms with Crippen molar-refractivity contribution in [1.82, 2.24) is 14.5 Å². The SMILES string of the molecule is c1ccc(-c2cc(-c3ccccc3)nc(-c3cccc(-c4ccc(-n5c6c(c7ccccc75)CCCC6)cc4)c3)n2)cc1. The fourth-order valence-corrected chi connectivity index (χ4v) is 6.52. The highest BCUT2D eigenvalue weighted by Gasteiger charge is 2.20. The minimum absolute atomic E-state index is 0.726. The number of hydrogen-bond acceptors (Lipinski definition) is 2. The third kappa shape index (κ3) is 4.73. The number of aromatic nitrogens is 3. The number of para-hydroxylation sites is 1. The summed E-state index contributed by atoms with van der Waals surface area (Å²) in [5.74, 6) is 0.726. The molecule has 206 valence electrons. The Bertz CT molecular complexity index is 2000. The maximum atomic E-state index is 5.04. The van der Waals surface area contributed by atoms with Crippen LogP contribution in [0.1, 0.15) is 24.1 Å². The van der Waals surface area contributed by atoms with Gasteiger partial charge < -0.3 is 4.57 Å². The molecule has 0 saturated carbocycles. The summed E-state index contributed by atoms with van der Waals surface area (Å²) in [7, 11) is 0. The summed E-state index contributed by atoms with van der Waals surface area (Å²) >= 11 is 0. The fraction of sp³-hybridized carbons (Fsp3) is 0.100. The van der Waals surface area contributed by atoms with E-state index < -0.39 is 0 Å². The number of nitrogens with zero attached hydrogens (tertiary/aromatic N) is 3. The molecule has 1 aliphatic rings. The smallest absolute Gasteiger partial charge is 0.160 e. The van der Waals surface area contributed by atoms with Gasteiger partial charge in [-0.05, 0) is 72.7 Å².